The first-order valence-corrected chi connectivity index (χ1v) is 12.6. The first-order valence-electron chi connectivity index (χ1n) is 10.3. The lowest BCUT2D eigenvalue weighted by Crippen LogP contribution is -2.22. The Bertz CT molecular complexity index is 1220. The average molecular weight is 507 g/mol. The van der Waals surface area contributed by atoms with Gasteiger partial charge in [-0.1, -0.05) is 23.2 Å². The number of nitrogens with two attached hydrogens (primary N) is 2. The van der Waals surface area contributed by atoms with E-state index in [1.165, 1.54) is 6.20 Å². The summed E-state index contributed by atoms with van der Waals surface area (Å²) in [6, 6.07) is 5.18. The standard InChI is InChI=1S/C22H24Cl2N6O2S/c1-12-20(24)19(17(23)10-28-12)22(27)32-15-2-3-18(25)16(8-15)21(26)13-9-29-30(11-13)14-4-6-33(31)7-5-14/h2-3,8-11,14,22,26H,4-7,25,27H2,1H3/t14?,22-,33?/m0/s1. The van der Waals surface area contributed by atoms with E-state index < -0.39 is 17.0 Å². The predicted octanol–water partition coefficient (Wildman–Crippen LogP) is 4.01. The maximum atomic E-state index is 11.6. The Labute approximate surface area is 204 Å². The van der Waals surface area contributed by atoms with Gasteiger partial charge in [0.25, 0.3) is 0 Å². The zero-order valence-electron chi connectivity index (χ0n) is 17.9. The number of nitrogens with one attached hydrogen (secondary N) is 1. The minimum atomic E-state index is -0.933. The van der Waals surface area contributed by atoms with Crippen LogP contribution >= 0.6 is 23.2 Å². The molecule has 1 aromatic carbocycles. The number of aromatic nitrogens is 3. The lowest BCUT2D eigenvalue weighted by atomic mass is 10.0. The van der Waals surface area contributed by atoms with Gasteiger partial charge in [-0.15, -0.1) is 0 Å². The highest BCUT2D eigenvalue weighted by Crippen LogP contribution is 2.33. The van der Waals surface area contributed by atoms with Crippen LogP contribution in [0.25, 0.3) is 0 Å². The molecule has 0 bridgehead atoms. The number of halogens is 2. The average Bonchev–Trinajstić information content (AvgIpc) is 3.28. The maximum Gasteiger partial charge on any atom is 0.177 e. The number of hydrogen-bond acceptors (Lipinski definition) is 7. The Morgan fingerprint density at radius 2 is 2.03 bits per heavy atom. The van der Waals surface area contributed by atoms with E-state index in [0.29, 0.717) is 55.4 Å². The Hall–Kier alpha value is -2.46. The molecule has 3 aromatic rings. The van der Waals surface area contributed by atoms with Crippen molar-refractivity contribution in [3.05, 3.63) is 69.2 Å². The van der Waals surface area contributed by atoms with Crippen LogP contribution in [0.15, 0.2) is 36.8 Å². The van der Waals surface area contributed by atoms with Gasteiger partial charge in [-0.2, -0.15) is 5.10 Å². The number of benzene rings is 1. The highest BCUT2D eigenvalue weighted by molar-refractivity contribution is 7.85. The number of anilines is 1. The third kappa shape index (κ3) is 5.06. The number of ether oxygens (including phenoxy) is 1. The Kier molecular flexibility index (Phi) is 7.04. The van der Waals surface area contributed by atoms with Crippen molar-refractivity contribution in [2.24, 2.45) is 5.73 Å². The summed E-state index contributed by atoms with van der Waals surface area (Å²) in [5.74, 6) is 1.77. The SMILES string of the molecule is Cc1ncc(Cl)c([C@@H](N)Oc2ccc(N)c(C(=N)c3cnn(C4CCS(=O)CC4)c3)c2)c1Cl. The second kappa shape index (κ2) is 9.80. The van der Waals surface area contributed by atoms with Crippen molar-refractivity contribution < 1.29 is 8.95 Å². The van der Waals surface area contributed by atoms with Crippen LogP contribution in [0.4, 0.5) is 5.69 Å². The molecular formula is C22H24Cl2N6O2S. The normalized spacial score (nSPS) is 19.3. The van der Waals surface area contributed by atoms with E-state index in [0.717, 1.165) is 12.8 Å². The number of aryl methyl sites for hydroxylation is 1. The van der Waals surface area contributed by atoms with Crippen molar-refractivity contribution in [1.29, 1.82) is 5.41 Å². The summed E-state index contributed by atoms with van der Waals surface area (Å²) >= 11 is 12.6. The molecule has 1 aliphatic rings. The van der Waals surface area contributed by atoms with Crippen molar-refractivity contribution in [1.82, 2.24) is 14.8 Å². The van der Waals surface area contributed by atoms with Crippen LogP contribution in [-0.2, 0) is 10.8 Å². The highest BCUT2D eigenvalue weighted by Gasteiger charge is 2.22. The molecular weight excluding hydrogens is 483 g/mol. The van der Waals surface area contributed by atoms with E-state index in [1.54, 1.807) is 31.3 Å². The van der Waals surface area contributed by atoms with Gasteiger partial charge < -0.3 is 10.5 Å². The lowest BCUT2D eigenvalue weighted by molar-refractivity contribution is 0.214. The second-order valence-electron chi connectivity index (χ2n) is 7.87. The first-order chi connectivity index (χ1) is 15.7. The molecule has 174 valence electrons. The number of rotatable bonds is 6. The minimum absolute atomic E-state index is 0.188. The second-order valence-corrected chi connectivity index (χ2v) is 10.4. The van der Waals surface area contributed by atoms with Crippen LogP contribution in [-0.4, -0.2) is 36.2 Å². The molecule has 1 fully saturated rings. The van der Waals surface area contributed by atoms with Gasteiger partial charge >= 0.3 is 0 Å². The highest BCUT2D eigenvalue weighted by atomic mass is 35.5. The molecule has 0 amide bonds. The monoisotopic (exact) mass is 506 g/mol. The molecule has 33 heavy (non-hydrogen) atoms. The zero-order valence-corrected chi connectivity index (χ0v) is 20.3. The summed E-state index contributed by atoms with van der Waals surface area (Å²) < 4.78 is 19.4. The fourth-order valence-corrected chi connectivity index (χ4v) is 5.57. The van der Waals surface area contributed by atoms with Gasteiger partial charge in [0.1, 0.15) is 5.75 Å². The van der Waals surface area contributed by atoms with Gasteiger partial charge in [0.05, 0.1) is 33.7 Å². The third-order valence-electron chi connectivity index (χ3n) is 5.65. The molecule has 0 unspecified atom stereocenters. The van der Waals surface area contributed by atoms with Crippen LogP contribution in [0.5, 0.6) is 5.75 Å². The van der Waals surface area contributed by atoms with Gasteiger partial charge in [-0.05, 0) is 38.0 Å². The van der Waals surface area contributed by atoms with E-state index in [-0.39, 0.29) is 11.8 Å². The van der Waals surface area contributed by atoms with Crippen molar-refractivity contribution in [3.8, 4) is 5.75 Å². The number of nitrogens with zero attached hydrogens (tertiary/aromatic N) is 3. The van der Waals surface area contributed by atoms with Crippen LogP contribution in [0.2, 0.25) is 10.0 Å². The largest absolute Gasteiger partial charge is 0.471 e. The summed E-state index contributed by atoms with van der Waals surface area (Å²) in [4.78, 5) is 4.11. The molecule has 0 radical (unpaired) electrons. The van der Waals surface area contributed by atoms with Gasteiger partial charge in [-0.3, -0.25) is 25.0 Å². The van der Waals surface area contributed by atoms with Crippen LogP contribution in [0.3, 0.4) is 0 Å². The summed E-state index contributed by atoms with van der Waals surface area (Å²) in [6.07, 6.45) is 5.64. The Morgan fingerprint density at radius 3 is 2.76 bits per heavy atom. The maximum absolute atomic E-state index is 11.6. The van der Waals surface area contributed by atoms with E-state index in [9.17, 15) is 4.21 Å². The molecule has 8 nitrogen and oxygen atoms in total. The van der Waals surface area contributed by atoms with E-state index >= 15 is 0 Å². The van der Waals surface area contributed by atoms with Crippen LogP contribution in [0.1, 0.15) is 47.5 Å². The molecule has 1 aliphatic heterocycles. The zero-order chi connectivity index (χ0) is 23.7. The molecule has 1 saturated heterocycles. The molecule has 0 spiro atoms. The lowest BCUT2D eigenvalue weighted by Gasteiger charge is -2.21. The Morgan fingerprint density at radius 1 is 1.30 bits per heavy atom. The number of pyridine rings is 1. The van der Waals surface area contributed by atoms with Gasteiger partial charge in [0.2, 0.25) is 0 Å². The van der Waals surface area contributed by atoms with Gasteiger partial charge in [-0.25, -0.2) is 0 Å². The summed E-state index contributed by atoms with van der Waals surface area (Å²) in [5.41, 5.74) is 15.2. The van der Waals surface area contributed by atoms with Crippen molar-refractivity contribution in [2.75, 3.05) is 17.2 Å². The predicted molar refractivity (Wildman–Crippen MR) is 132 cm³/mol. The summed E-state index contributed by atoms with van der Waals surface area (Å²) in [5, 5.41) is 13.8. The molecule has 2 aromatic heterocycles. The quantitative estimate of drug-likeness (QED) is 0.262. The fourth-order valence-electron chi connectivity index (χ4n) is 3.74. The third-order valence-corrected chi connectivity index (χ3v) is 7.81. The van der Waals surface area contributed by atoms with Crippen molar-refractivity contribution in [3.63, 3.8) is 0 Å². The Balaban J connectivity index is 1.55. The van der Waals surface area contributed by atoms with Crippen molar-refractivity contribution >= 4 is 45.4 Å². The van der Waals surface area contributed by atoms with E-state index in [1.807, 2.05) is 10.9 Å². The first kappa shape index (κ1) is 23.7. The molecule has 0 aliphatic carbocycles. The molecule has 11 heteroatoms. The molecule has 1 atom stereocenters. The minimum Gasteiger partial charge on any atom is -0.471 e. The molecule has 3 heterocycles. The topological polar surface area (TPSA) is 133 Å². The summed E-state index contributed by atoms with van der Waals surface area (Å²) in [7, 11) is -0.740. The van der Waals surface area contributed by atoms with Crippen LogP contribution in [0, 0.1) is 12.3 Å². The van der Waals surface area contributed by atoms with E-state index in [4.69, 9.17) is 44.8 Å². The van der Waals surface area contributed by atoms with E-state index in [2.05, 4.69) is 10.1 Å². The van der Waals surface area contributed by atoms with Crippen LogP contribution < -0.4 is 16.2 Å². The van der Waals surface area contributed by atoms with Gasteiger partial charge in [0, 0.05) is 57.1 Å². The number of hydrogen-bond donors (Lipinski definition) is 3. The fraction of sp³-hybridized carbons (Fsp3) is 0.318. The van der Waals surface area contributed by atoms with Crippen molar-refractivity contribution in [2.45, 2.75) is 32.0 Å². The number of nitrogen functional groups attached to an aromatic ring is 1. The molecule has 4 rings (SSSR count). The molecule has 5 N–H and O–H groups in total. The molecule has 0 saturated carbocycles. The summed E-state index contributed by atoms with van der Waals surface area (Å²) in [6.45, 7) is 1.75. The van der Waals surface area contributed by atoms with Gasteiger partial charge in [0.15, 0.2) is 6.23 Å². The smallest absolute Gasteiger partial charge is 0.177 e.